The zero-order chi connectivity index (χ0) is 19.3. The van der Waals surface area contributed by atoms with Gasteiger partial charge in [0, 0.05) is 19.6 Å². The molecule has 1 amide bonds. The molecule has 0 radical (unpaired) electrons. The summed E-state index contributed by atoms with van der Waals surface area (Å²) in [5.74, 6) is -0.393. The summed E-state index contributed by atoms with van der Waals surface area (Å²) in [6.45, 7) is 4.00. The van der Waals surface area contributed by atoms with Crippen LogP contribution in [0.25, 0.3) is 0 Å². The molecule has 0 aliphatic carbocycles. The molecule has 2 rings (SSSR count). The van der Waals surface area contributed by atoms with Crippen LogP contribution in [0.15, 0.2) is 53.4 Å². The molecule has 0 atom stereocenters. The summed E-state index contributed by atoms with van der Waals surface area (Å²) in [5.41, 5.74) is 1.26. The van der Waals surface area contributed by atoms with E-state index in [4.69, 9.17) is 11.6 Å². The number of hydrogen-bond donors (Lipinski definition) is 1. The molecule has 0 aliphatic heterocycles. The summed E-state index contributed by atoms with van der Waals surface area (Å²) in [6, 6.07) is 13.8. The Balaban J connectivity index is 2.15. The third-order valence-corrected chi connectivity index (χ3v) is 6.49. The van der Waals surface area contributed by atoms with Gasteiger partial charge in [-0.25, -0.2) is 8.42 Å². The highest BCUT2D eigenvalue weighted by Crippen LogP contribution is 2.23. The lowest BCUT2D eigenvalue weighted by Gasteiger charge is -2.21. The first kappa shape index (κ1) is 20.4. The number of hydrogen-bond acceptors (Lipinski definition) is 3. The minimum Gasteiger partial charge on any atom is -0.352 e. The maximum atomic E-state index is 12.6. The number of sulfonamides is 1. The van der Waals surface area contributed by atoms with Crippen molar-refractivity contribution in [1.29, 1.82) is 0 Å². The van der Waals surface area contributed by atoms with Crippen molar-refractivity contribution in [1.82, 2.24) is 9.62 Å². The molecule has 0 aromatic heterocycles. The van der Waals surface area contributed by atoms with Crippen LogP contribution in [0.4, 0.5) is 0 Å². The Morgan fingerprint density at radius 2 is 1.81 bits per heavy atom. The van der Waals surface area contributed by atoms with Crippen LogP contribution >= 0.6 is 11.6 Å². The first-order valence-electron chi connectivity index (χ1n) is 8.33. The van der Waals surface area contributed by atoms with Crippen molar-refractivity contribution < 1.29 is 13.2 Å². The first-order chi connectivity index (χ1) is 12.2. The van der Waals surface area contributed by atoms with Gasteiger partial charge in [-0.2, -0.15) is 4.31 Å². The lowest BCUT2D eigenvalue weighted by Crippen LogP contribution is -2.33. The van der Waals surface area contributed by atoms with E-state index in [-0.39, 0.29) is 21.5 Å². The van der Waals surface area contributed by atoms with E-state index in [1.165, 1.54) is 29.6 Å². The fraction of sp³-hybridized carbons (Fsp3) is 0.316. The second kappa shape index (κ2) is 8.66. The number of rotatable bonds is 7. The Hall–Kier alpha value is -1.89. The molecule has 0 heterocycles. The number of nitrogens with one attached hydrogen (secondary N) is 1. The van der Waals surface area contributed by atoms with E-state index < -0.39 is 15.9 Å². The van der Waals surface area contributed by atoms with Crippen molar-refractivity contribution in [3.05, 3.63) is 64.7 Å². The van der Waals surface area contributed by atoms with E-state index in [1.54, 1.807) is 13.8 Å². The summed E-state index contributed by atoms with van der Waals surface area (Å²) in [7, 11) is -2.17. The van der Waals surface area contributed by atoms with Gasteiger partial charge in [0.05, 0.1) is 15.5 Å². The van der Waals surface area contributed by atoms with E-state index in [1.807, 2.05) is 30.3 Å². The van der Waals surface area contributed by atoms with Crippen LogP contribution in [0, 0.1) is 0 Å². The Morgan fingerprint density at radius 1 is 1.15 bits per heavy atom. The largest absolute Gasteiger partial charge is 0.352 e. The smallest absolute Gasteiger partial charge is 0.252 e. The zero-order valence-electron chi connectivity index (χ0n) is 15.1. The number of halogens is 1. The van der Waals surface area contributed by atoms with Crippen LogP contribution in [-0.2, 0) is 16.4 Å². The van der Waals surface area contributed by atoms with Crippen molar-refractivity contribution in [2.24, 2.45) is 0 Å². The average Bonchev–Trinajstić information content (AvgIpc) is 2.61. The molecule has 2 aromatic carbocycles. The highest BCUT2D eigenvalue weighted by Gasteiger charge is 2.25. The molecule has 140 valence electrons. The maximum absolute atomic E-state index is 12.6. The predicted octanol–water partition coefficient (Wildman–Crippen LogP) is 3.34. The quantitative estimate of drug-likeness (QED) is 0.783. The number of nitrogens with zero attached hydrogens (tertiary/aromatic N) is 1. The van der Waals surface area contributed by atoms with Gasteiger partial charge >= 0.3 is 0 Å². The molecule has 0 saturated carbocycles. The Bertz CT molecular complexity index is 868. The SMILES string of the molecule is CC(C)N(C)S(=O)(=O)c1ccc(Cl)c(C(=O)NCCc2ccccc2)c1. The first-order valence-corrected chi connectivity index (χ1v) is 10.1. The summed E-state index contributed by atoms with van der Waals surface area (Å²) < 4.78 is 26.5. The molecule has 0 aliphatic rings. The normalized spacial score (nSPS) is 11.8. The lowest BCUT2D eigenvalue weighted by molar-refractivity contribution is 0.0954. The molecular weight excluding hydrogens is 372 g/mol. The summed E-state index contributed by atoms with van der Waals surface area (Å²) >= 11 is 6.11. The molecule has 5 nitrogen and oxygen atoms in total. The monoisotopic (exact) mass is 394 g/mol. The second-order valence-electron chi connectivity index (χ2n) is 6.25. The third kappa shape index (κ3) is 4.84. The van der Waals surface area contributed by atoms with Crippen LogP contribution in [0.1, 0.15) is 29.8 Å². The van der Waals surface area contributed by atoms with Crippen LogP contribution in [0.5, 0.6) is 0 Å². The van der Waals surface area contributed by atoms with Crippen LogP contribution in [-0.4, -0.2) is 38.3 Å². The highest BCUT2D eigenvalue weighted by atomic mass is 35.5. The molecular formula is C19H23ClN2O3S. The number of benzene rings is 2. The third-order valence-electron chi connectivity index (χ3n) is 4.13. The van der Waals surface area contributed by atoms with E-state index in [9.17, 15) is 13.2 Å². The molecule has 0 unspecified atom stereocenters. The highest BCUT2D eigenvalue weighted by molar-refractivity contribution is 7.89. The summed E-state index contributed by atoms with van der Waals surface area (Å²) in [4.78, 5) is 12.5. The minimum absolute atomic E-state index is 0.0475. The van der Waals surface area contributed by atoms with Crippen molar-refractivity contribution in [3.8, 4) is 0 Å². The van der Waals surface area contributed by atoms with E-state index >= 15 is 0 Å². The van der Waals surface area contributed by atoms with Gasteiger partial charge in [-0.15, -0.1) is 0 Å². The van der Waals surface area contributed by atoms with Crippen molar-refractivity contribution in [2.75, 3.05) is 13.6 Å². The van der Waals surface area contributed by atoms with Crippen molar-refractivity contribution in [2.45, 2.75) is 31.2 Å². The van der Waals surface area contributed by atoms with E-state index in [0.29, 0.717) is 13.0 Å². The van der Waals surface area contributed by atoms with Crippen LogP contribution in [0.2, 0.25) is 5.02 Å². The van der Waals surface area contributed by atoms with Gasteiger partial charge in [0.25, 0.3) is 5.91 Å². The number of carbonyl (C=O) groups is 1. The van der Waals surface area contributed by atoms with Crippen molar-refractivity contribution in [3.63, 3.8) is 0 Å². The standard InChI is InChI=1S/C19H23ClN2O3S/c1-14(2)22(3)26(24,25)16-9-10-18(20)17(13-16)19(23)21-12-11-15-7-5-4-6-8-15/h4-10,13-14H,11-12H2,1-3H3,(H,21,23). The Morgan fingerprint density at radius 3 is 2.42 bits per heavy atom. The molecule has 0 spiro atoms. The molecule has 26 heavy (non-hydrogen) atoms. The number of carbonyl (C=O) groups excluding carboxylic acids is 1. The topological polar surface area (TPSA) is 66.5 Å². The summed E-state index contributed by atoms with van der Waals surface area (Å²) in [5, 5.41) is 3.00. The van der Waals surface area contributed by atoms with Gasteiger partial charge in [-0.1, -0.05) is 41.9 Å². The molecule has 0 saturated heterocycles. The zero-order valence-corrected chi connectivity index (χ0v) is 16.6. The number of amides is 1. The molecule has 0 fully saturated rings. The van der Waals surface area contributed by atoms with Gasteiger partial charge in [0.2, 0.25) is 10.0 Å². The predicted molar refractivity (Wildman–Crippen MR) is 104 cm³/mol. The van der Waals surface area contributed by atoms with Crippen molar-refractivity contribution >= 4 is 27.5 Å². The Labute approximate surface area is 160 Å². The fourth-order valence-electron chi connectivity index (χ4n) is 2.34. The average molecular weight is 395 g/mol. The fourth-order valence-corrected chi connectivity index (χ4v) is 3.94. The minimum atomic E-state index is -3.68. The van der Waals surface area contributed by atoms with Gasteiger partial charge < -0.3 is 5.32 Å². The molecule has 1 N–H and O–H groups in total. The molecule has 2 aromatic rings. The maximum Gasteiger partial charge on any atom is 0.252 e. The van der Waals surface area contributed by atoms with Gasteiger partial charge in [-0.05, 0) is 44.0 Å². The molecule has 7 heteroatoms. The van der Waals surface area contributed by atoms with Gasteiger partial charge in [0.15, 0.2) is 0 Å². The lowest BCUT2D eigenvalue weighted by atomic mass is 10.1. The van der Waals surface area contributed by atoms with Gasteiger partial charge in [-0.3, -0.25) is 4.79 Å². The van der Waals surface area contributed by atoms with Crippen LogP contribution in [0.3, 0.4) is 0 Å². The van der Waals surface area contributed by atoms with Gasteiger partial charge in [0.1, 0.15) is 0 Å². The van der Waals surface area contributed by atoms with E-state index in [0.717, 1.165) is 5.56 Å². The van der Waals surface area contributed by atoms with E-state index in [2.05, 4.69) is 5.32 Å². The summed E-state index contributed by atoms with van der Waals surface area (Å²) in [6.07, 6.45) is 0.679. The Kier molecular flexibility index (Phi) is 6.81. The second-order valence-corrected chi connectivity index (χ2v) is 8.65. The molecule has 0 bridgehead atoms. The van der Waals surface area contributed by atoms with Crippen LogP contribution < -0.4 is 5.32 Å².